The van der Waals surface area contributed by atoms with Gasteiger partial charge in [-0.3, -0.25) is 4.79 Å². The van der Waals surface area contributed by atoms with Crippen molar-refractivity contribution in [3.8, 4) is 5.75 Å². The fraction of sp³-hybridized carbons (Fsp3) is 0.400. The number of piperidine rings is 1. The number of nitrogens with zero attached hydrogens (tertiary/aromatic N) is 1. The summed E-state index contributed by atoms with van der Waals surface area (Å²) < 4.78 is 31.3. The van der Waals surface area contributed by atoms with Crippen molar-refractivity contribution in [1.29, 1.82) is 0 Å². The van der Waals surface area contributed by atoms with Crippen LogP contribution in [0.15, 0.2) is 24.8 Å². The lowest BCUT2D eigenvalue weighted by atomic mass is 10.0. The lowest BCUT2D eigenvalue weighted by Gasteiger charge is -2.31. The average Bonchev–Trinajstić information content (AvgIpc) is 2.45. The minimum absolute atomic E-state index is 0.0846. The van der Waals surface area contributed by atoms with Crippen molar-refractivity contribution in [1.82, 2.24) is 4.90 Å². The Morgan fingerprint density at radius 2 is 2.05 bits per heavy atom. The SMILES string of the molecule is C=Cc1cc(C(=O)N2CCC(F)(F)CC2)ccc1OC. The molecule has 1 aromatic carbocycles. The Labute approximate surface area is 116 Å². The number of halogens is 2. The van der Waals surface area contributed by atoms with Crippen LogP contribution in [0.25, 0.3) is 6.08 Å². The summed E-state index contributed by atoms with van der Waals surface area (Å²) in [5.41, 5.74) is 1.17. The van der Waals surface area contributed by atoms with Gasteiger partial charge in [-0.15, -0.1) is 0 Å². The lowest BCUT2D eigenvalue weighted by Crippen LogP contribution is -2.42. The van der Waals surface area contributed by atoms with E-state index in [4.69, 9.17) is 4.74 Å². The Balaban J connectivity index is 2.16. The van der Waals surface area contributed by atoms with Crippen LogP contribution >= 0.6 is 0 Å². The molecule has 0 unspecified atom stereocenters. The molecule has 0 N–H and O–H groups in total. The molecule has 0 bridgehead atoms. The molecule has 0 saturated carbocycles. The fourth-order valence-corrected chi connectivity index (χ4v) is 2.25. The van der Waals surface area contributed by atoms with Crippen molar-refractivity contribution < 1.29 is 18.3 Å². The van der Waals surface area contributed by atoms with Crippen LogP contribution < -0.4 is 4.74 Å². The highest BCUT2D eigenvalue weighted by Gasteiger charge is 2.35. The molecule has 0 radical (unpaired) electrons. The molecule has 5 heteroatoms. The van der Waals surface area contributed by atoms with Crippen molar-refractivity contribution in [3.63, 3.8) is 0 Å². The van der Waals surface area contributed by atoms with Gasteiger partial charge in [-0.2, -0.15) is 0 Å². The van der Waals surface area contributed by atoms with E-state index < -0.39 is 5.92 Å². The van der Waals surface area contributed by atoms with Crippen LogP contribution in [0.1, 0.15) is 28.8 Å². The van der Waals surface area contributed by atoms with Crippen LogP contribution in [0.2, 0.25) is 0 Å². The van der Waals surface area contributed by atoms with E-state index in [2.05, 4.69) is 6.58 Å². The molecule has 1 aliphatic rings. The van der Waals surface area contributed by atoms with Crippen LogP contribution in [-0.2, 0) is 0 Å². The zero-order valence-corrected chi connectivity index (χ0v) is 11.4. The molecular weight excluding hydrogens is 264 g/mol. The Morgan fingerprint density at radius 3 is 2.60 bits per heavy atom. The molecule has 2 rings (SSSR count). The molecule has 0 aromatic heterocycles. The third-order valence-corrected chi connectivity index (χ3v) is 3.48. The van der Waals surface area contributed by atoms with Gasteiger partial charge in [0.1, 0.15) is 5.75 Å². The van der Waals surface area contributed by atoms with Gasteiger partial charge in [-0.05, 0) is 18.2 Å². The molecule has 1 amide bonds. The zero-order valence-electron chi connectivity index (χ0n) is 11.4. The van der Waals surface area contributed by atoms with E-state index in [0.717, 1.165) is 0 Å². The van der Waals surface area contributed by atoms with Crippen LogP contribution in [0, 0.1) is 0 Å². The van der Waals surface area contributed by atoms with Gasteiger partial charge >= 0.3 is 0 Å². The first-order chi connectivity index (χ1) is 9.46. The van der Waals surface area contributed by atoms with Crippen molar-refractivity contribution >= 4 is 12.0 Å². The second kappa shape index (κ2) is 5.61. The zero-order chi connectivity index (χ0) is 14.8. The second-order valence-corrected chi connectivity index (χ2v) is 4.81. The highest BCUT2D eigenvalue weighted by Crippen LogP contribution is 2.29. The molecule has 1 heterocycles. The van der Waals surface area contributed by atoms with Gasteiger partial charge in [-0.25, -0.2) is 8.78 Å². The van der Waals surface area contributed by atoms with Gasteiger partial charge in [0.2, 0.25) is 0 Å². The number of ether oxygens (including phenoxy) is 1. The number of hydrogen-bond acceptors (Lipinski definition) is 2. The quantitative estimate of drug-likeness (QED) is 0.851. The van der Waals surface area contributed by atoms with Gasteiger partial charge < -0.3 is 9.64 Å². The van der Waals surface area contributed by atoms with Crippen molar-refractivity contribution in [3.05, 3.63) is 35.9 Å². The smallest absolute Gasteiger partial charge is 0.253 e. The number of rotatable bonds is 3. The first-order valence-electron chi connectivity index (χ1n) is 6.44. The minimum Gasteiger partial charge on any atom is -0.496 e. The van der Waals surface area contributed by atoms with Crippen molar-refractivity contribution in [2.45, 2.75) is 18.8 Å². The average molecular weight is 281 g/mol. The highest BCUT2D eigenvalue weighted by atomic mass is 19.3. The molecule has 20 heavy (non-hydrogen) atoms. The highest BCUT2D eigenvalue weighted by molar-refractivity contribution is 5.95. The topological polar surface area (TPSA) is 29.5 Å². The van der Waals surface area contributed by atoms with Crippen molar-refractivity contribution in [2.75, 3.05) is 20.2 Å². The molecule has 1 aromatic rings. The Morgan fingerprint density at radius 1 is 1.40 bits per heavy atom. The van der Waals surface area contributed by atoms with E-state index in [-0.39, 0.29) is 31.8 Å². The first kappa shape index (κ1) is 14.5. The number of benzene rings is 1. The van der Waals surface area contributed by atoms with E-state index in [1.54, 1.807) is 24.3 Å². The van der Waals surface area contributed by atoms with Gasteiger partial charge in [0, 0.05) is 37.1 Å². The van der Waals surface area contributed by atoms with Crippen LogP contribution in [0.3, 0.4) is 0 Å². The number of likely N-dealkylation sites (tertiary alicyclic amines) is 1. The number of alkyl halides is 2. The monoisotopic (exact) mass is 281 g/mol. The minimum atomic E-state index is -2.65. The summed E-state index contributed by atoms with van der Waals surface area (Å²) >= 11 is 0. The summed E-state index contributed by atoms with van der Waals surface area (Å²) in [6.07, 6.45) is 1.05. The van der Waals surface area contributed by atoms with Gasteiger partial charge in [-0.1, -0.05) is 12.7 Å². The number of amides is 1. The summed E-state index contributed by atoms with van der Waals surface area (Å²) in [4.78, 5) is 13.7. The number of hydrogen-bond donors (Lipinski definition) is 0. The normalized spacial score (nSPS) is 17.6. The summed E-state index contributed by atoms with van der Waals surface area (Å²) in [5, 5.41) is 0. The maximum Gasteiger partial charge on any atom is 0.253 e. The summed E-state index contributed by atoms with van der Waals surface area (Å²) in [6.45, 7) is 3.84. The van der Waals surface area contributed by atoms with Gasteiger partial charge in [0.25, 0.3) is 11.8 Å². The van der Waals surface area contributed by atoms with Gasteiger partial charge in [0.05, 0.1) is 7.11 Å². The Bertz CT molecular complexity index is 519. The standard InChI is InChI=1S/C15H17F2NO2/c1-3-11-10-12(4-5-13(11)20-2)14(19)18-8-6-15(16,17)7-9-18/h3-5,10H,1,6-9H2,2H3. The fourth-order valence-electron chi connectivity index (χ4n) is 2.25. The molecular formula is C15H17F2NO2. The second-order valence-electron chi connectivity index (χ2n) is 4.81. The summed E-state index contributed by atoms with van der Waals surface area (Å²) in [6, 6.07) is 4.99. The Kier molecular flexibility index (Phi) is 4.06. The summed E-state index contributed by atoms with van der Waals surface area (Å²) in [7, 11) is 1.54. The largest absolute Gasteiger partial charge is 0.496 e. The third-order valence-electron chi connectivity index (χ3n) is 3.48. The predicted molar refractivity (Wildman–Crippen MR) is 73.2 cm³/mol. The lowest BCUT2D eigenvalue weighted by molar-refractivity contribution is -0.0494. The molecule has 3 nitrogen and oxygen atoms in total. The van der Waals surface area contributed by atoms with Crippen LogP contribution in [0.4, 0.5) is 8.78 Å². The van der Waals surface area contributed by atoms with E-state index in [9.17, 15) is 13.6 Å². The Hall–Kier alpha value is -1.91. The first-order valence-corrected chi connectivity index (χ1v) is 6.44. The van der Waals surface area contributed by atoms with Crippen LogP contribution in [0.5, 0.6) is 5.75 Å². The molecule has 0 aliphatic carbocycles. The molecule has 108 valence electrons. The molecule has 1 fully saturated rings. The summed E-state index contributed by atoms with van der Waals surface area (Å²) in [5.74, 6) is -2.25. The van der Waals surface area contributed by atoms with Crippen molar-refractivity contribution in [2.24, 2.45) is 0 Å². The van der Waals surface area contributed by atoms with Gasteiger partial charge in [0.15, 0.2) is 0 Å². The predicted octanol–water partition coefficient (Wildman–Crippen LogP) is 3.21. The van der Waals surface area contributed by atoms with E-state index in [1.165, 1.54) is 12.0 Å². The molecule has 1 aliphatic heterocycles. The number of methoxy groups -OCH3 is 1. The molecule has 0 atom stereocenters. The maximum atomic E-state index is 13.1. The number of carbonyl (C=O) groups excluding carboxylic acids is 1. The van der Waals surface area contributed by atoms with E-state index in [0.29, 0.717) is 16.9 Å². The van der Waals surface area contributed by atoms with E-state index >= 15 is 0 Å². The molecule has 1 saturated heterocycles. The third kappa shape index (κ3) is 2.98. The number of carbonyl (C=O) groups is 1. The van der Waals surface area contributed by atoms with Crippen LogP contribution in [-0.4, -0.2) is 36.9 Å². The van der Waals surface area contributed by atoms with E-state index in [1.807, 2.05) is 0 Å². The molecule has 0 spiro atoms. The maximum absolute atomic E-state index is 13.1.